The second kappa shape index (κ2) is 7.25. The third kappa shape index (κ3) is 3.70. The highest BCUT2D eigenvalue weighted by Crippen LogP contribution is 2.29. The quantitative estimate of drug-likeness (QED) is 0.891. The minimum absolute atomic E-state index is 0.276. The van der Waals surface area contributed by atoms with E-state index in [0.717, 1.165) is 24.6 Å². The van der Waals surface area contributed by atoms with E-state index >= 15 is 0 Å². The summed E-state index contributed by atoms with van der Waals surface area (Å²) in [4.78, 5) is 6.84. The first kappa shape index (κ1) is 14.8. The Kier molecular flexibility index (Phi) is 5.36. The van der Waals surface area contributed by atoms with Crippen molar-refractivity contribution in [2.24, 2.45) is 5.73 Å². The molecule has 20 heavy (non-hydrogen) atoms. The molecule has 2 aromatic rings. The summed E-state index contributed by atoms with van der Waals surface area (Å²) in [5, 5.41) is 10.0. The van der Waals surface area contributed by atoms with Gasteiger partial charge in [-0.25, -0.2) is 4.98 Å². The van der Waals surface area contributed by atoms with Gasteiger partial charge < -0.3 is 10.6 Å². The number of rotatable bonds is 6. The molecule has 0 spiro atoms. The van der Waals surface area contributed by atoms with Crippen molar-refractivity contribution in [1.82, 2.24) is 4.98 Å². The number of nitrogens with two attached hydrogens (primary N) is 1. The van der Waals surface area contributed by atoms with Crippen LogP contribution in [-0.2, 0) is 6.54 Å². The predicted molar refractivity (Wildman–Crippen MR) is 83.0 cm³/mol. The average molecular weight is 307 g/mol. The molecule has 0 saturated carbocycles. The van der Waals surface area contributed by atoms with Crippen LogP contribution >= 0.6 is 22.9 Å². The molecule has 2 rings (SSSR count). The first-order chi connectivity index (χ1) is 9.74. The Morgan fingerprint density at radius 2 is 2.10 bits per heavy atom. The van der Waals surface area contributed by atoms with Crippen molar-refractivity contribution in [3.05, 3.63) is 45.9 Å². The smallest absolute Gasteiger partial charge is 0.188 e. The first-order valence-corrected chi connectivity index (χ1v) is 7.49. The van der Waals surface area contributed by atoms with Gasteiger partial charge in [0.15, 0.2) is 10.3 Å². The van der Waals surface area contributed by atoms with Gasteiger partial charge in [-0.2, -0.15) is 5.26 Å². The highest BCUT2D eigenvalue weighted by Gasteiger charge is 2.15. The number of halogens is 1. The highest BCUT2D eigenvalue weighted by atomic mass is 35.5. The number of nitrogens with zero attached hydrogens (tertiary/aromatic N) is 3. The Labute approximate surface area is 127 Å². The van der Waals surface area contributed by atoms with E-state index in [1.807, 2.05) is 18.2 Å². The van der Waals surface area contributed by atoms with Crippen LogP contribution in [0, 0.1) is 11.3 Å². The summed E-state index contributed by atoms with van der Waals surface area (Å²) < 4.78 is 0. The van der Waals surface area contributed by atoms with Crippen molar-refractivity contribution in [3.63, 3.8) is 0 Å². The summed E-state index contributed by atoms with van der Waals surface area (Å²) in [7, 11) is 0. The van der Waals surface area contributed by atoms with Crippen molar-refractivity contribution in [2.45, 2.75) is 13.0 Å². The van der Waals surface area contributed by atoms with Gasteiger partial charge in [-0.1, -0.05) is 53.3 Å². The molecule has 0 unspecified atom stereocenters. The summed E-state index contributed by atoms with van der Waals surface area (Å²) in [5.41, 5.74) is 6.78. The Balaban J connectivity index is 2.20. The molecule has 0 fully saturated rings. The zero-order valence-corrected chi connectivity index (χ0v) is 12.5. The van der Waals surface area contributed by atoms with Gasteiger partial charge in [-0.3, -0.25) is 0 Å². The lowest BCUT2D eigenvalue weighted by Crippen LogP contribution is -2.25. The fourth-order valence-electron chi connectivity index (χ4n) is 1.82. The van der Waals surface area contributed by atoms with E-state index < -0.39 is 0 Å². The molecule has 0 atom stereocenters. The van der Waals surface area contributed by atoms with E-state index in [1.54, 1.807) is 0 Å². The molecule has 0 bridgehead atoms. The van der Waals surface area contributed by atoms with E-state index in [4.69, 9.17) is 22.6 Å². The maximum absolute atomic E-state index is 8.98. The van der Waals surface area contributed by atoms with Gasteiger partial charge in [0.05, 0.1) is 0 Å². The van der Waals surface area contributed by atoms with Crippen LogP contribution in [0.15, 0.2) is 30.3 Å². The van der Waals surface area contributed by atoms with Gasteiger partial charge >= 0.3 is 0 Å². The number of nitriles is 1. The molecule has 1 aromatic heterocycles. The van der Waals surface area contributed by atoms with E-state index in [9.17, 15) is 0 Å². The average Bonchev–Trinajstić information content (AvgIpc) is 2.85. The summed E-state index contributed by atoms with van der Waals surface area (Å²) in [6.07, 6.45) is 0.867. The Hall–Kier alpha value is -1.61. The van der Waals surface area contributed by atoms with E-state index in [0.29, 0.717) is 11.4 Å². The molecule has 0 radical (unpaired) electrons. The Morgan fingerprint density at radius 3 is 2.70 bits per heavy atom. The molecule has 1 heterocycles. The maximum Gasteiger partial charge on any atom is 0.188 e. The molecule has 4 nitrogen and oxygen atoms in total. The largest absolute Gasteiger partial charge is 0.344 e. The molecule has 0 aliphatic rings. The molecular weight excluding hydrogens is 292 g/mol. The fourth-order valence-corrected chi connectivity index (χ4v) is 2.89. The third-order valence-electron chi connectivity index (χ3n) is 2.79. The summed E-state index contributed by atoms with van der Waals surface area (Å²) >= 11 is 7.27. The Morgan fingerprint density at radius 1 is 1.35 bits per heavy atom. The molecule has 0 aliphatic heterocycles. The number of benzene rings is 1. The van der Waals surface area contributed by atoms with Crippen LogP contribution in [0.2, 0.25) is 5.15 Å². The van der Waals surface area contributed by atoms with Gasteiger partial charge in [0, 0.05) is 13.1 Å². The summed E-state index contributed by atoms with van der Waals surface area (Å²) in [6.45, 7) is 2.14. The molecular formula is C14H15ClN4S. The predicted octanol–water partition coefficient (Wildman–Crippen LogP) is 3.02. The van der Waals surface area contributed by atoms with Crippen molar-refractivity contribution in [3.8, 4) is 6.07 Å². The lowest BCUT2D eigenvalue weighted by molar-refractivity contribution is 0.733. The van der Waals surface area contributed by atoms with Crippen LogP contribution in [0.3, 0.4) is 0 Å². The van der Waals surface area contributed by atoms with Crippen molar-refractivity contribution in [2.75, 3.05) is 18.0 Å². The van der Waals surface area contributed by atoms with Gasteiger partial charge in [0.25, 0.3) is 0 Å². The first-order valence-electron chi connectivity index (χ1n) is 6.30. The minimum Gasteiger partial charge on any atom is -0.344 e. The number of aromatic nitrogens is 1. The van der Waals surface area contributed by atoms with Crippen LogP contribution in [0.1, 0.15) is 16.9 Å². The number of anilines is 1. The van der Waals surface area contributed by atoms with Gasteiger partial charge in [0.1, 0.15) is 10.9 Å². The van der Waals surface area contributed by atoms with E-state index in [1.165, 1.54) is 16.9 Å². The van der Waals surface area contributed by atoms with Crippen LogP contribution in [-0.4, -0.2) is 18.1 Å². The van der Waals surface area contributed by atoms with Crippen LogP contribution in [0.25, 0.3) is 0 Å². The number of thiazole rings is 1. The molecule has 104 valence electrons. The molecule has 1 aromatic carbocycles. The molecule has 2 N–H and O–H groups in total. The van der Waals surface area contributed by atoms with Crippen molar-refractivity contribution >= 4 is 28.1 Å². The Bertz CT molecular complexity index is 591. The highest BCUT2D eigenvalue weighted by molar-refractivity contribution is 7.16. The lowest BCUT2D eigenvalue weighted by Gasteiger charge is -2.21. The summed E-state index contributed by atoms with van der Waals surface area (Å²) in [5.74, 6) is 0. The van der Waals surface area contributed by atoms with Gasteiger partial charge in [0.2, 0.25) is 0 Å². The maximum atomic E-state index is 8.98. The van der Waals surface area contributed by atoms with Crippen molar-refractivity contribution in [1.29, 1.82) is 5.26 Å². The number of hydrogen-bond acceptors (Lipinski definition) is 5. The molecule has 0 aliphatic carbocycles. The third-order valence-corrected chi connectivity index (χ3v) is 4.20. The molecule has 0 saturated heterocycles. The standard InChI is InChI=1S/C14H15ClN4S/c15-13-12(9-17)20-14(18-13)19(8-4-7-16)10-11-5-2-1-3-6-11/h1-3,5-6H,4,7-8,10,16H2. The van der Waals surface area contributed by atoms with Crippen molar-refractivity contribution < 1.29 is 0 Å². The van der Waals surface area contributed by atoms with E-state index in [2.05, 4.69) is 28.1 Å². The SMILES string of the molecule is N#Cc1sc(N(CCCN)Cc2ccccc2)nc1Cl. The topological polar surface area (TPSA) is 65.9 Å². The second-order valence-electron chi connectivity index (χ2n) is 4.28. The molecule has 6 heteroatoms. The van der Waals surface area contributed by atoms with Crippen LogP contribution in [0.5, 0.6) is 0 Å². The minimum atomic E-state index is 0.276. The zero-order valence-electron chi connectivity index (χ0n) is 10.9. The molecule has 0 amide bonds. The monoisotopic (exact) mass is 306 g/mol. The van der Waals surface area contributed by atoms with Crippen LogP contribution in [0.4, 0.5) is 5.13 Å². The summed E-state index contributed by atoms with van der Waals surface area (Å²) in [6, 6.07) is 12.2. The zero-order chi connectivity index (χ0) is 14.4. The van der Waals surface area contributed by atoms with Crippen LogP contribution < -0.4 is 10.6 Å². The van der Waals surface area contributed by atoms with Gasteiger partial charge in [-0.05, 0) is 18.5 Å². The fraction of sp³-hybridized carbons (Fsp3) is 0.286. The number of hydrogen-bond donors (Lipinski definition) is 1. The second-order valence-corrected chi connectivity index (χ2v) is 5.61. The van der Waals surface area contributed by atoms with Gasteiger partial charge in [-0.15, -0.1) is 0 Å². The normalized spacial score (nSPS) is 10.2. The van der Waals surface area contributed by atoms with E-state index in [-0.39, 0.29) is 5.15 Å². The lowest BCUT2D eigenvalue weighted by atomic mass is 10.2.